The standard InChI is InChI=1S/C11H21NO3/c1-8(2)12-7-11(15)5-3-9(4-6-11)10(13)14/h8-9,12,15H,3-7H2,1-2H3,(H,13,14). The summed E-state index contributed by atoms with van der Waals surface area (Å²) in [5.74, 6) is -0.988. The quantitative estimate of drug-likeness (QED) is 0.654. The number of carboxylic acid groups (broad SMARTS) is 1. The van der Waals surface area contributed by atoms with Gasteiger partial charge in [-0.2, -0.15) is 0 Å². The van der Waals surface area contributed by atoms with Gasteiger partial charge in [0.25, 0.3) is 0 Å². The lowest BCUT2D eigenvalue weighted by molar-refractivity contribution is -0.144. The van der Waals surface area contributed by atoms with Crippen LogP contribution < -0.4 is 5.32 Å². The molecule has 3 N–H and O–H groups in total. The third-order valence-electron chi connectivity index (χ3n) is 3.10. The van der Waals surface area contributed by atoms with Gasteiger partial charge in [-0.1, -0.05) is 13.8 Å². The fourth-order valence-electron chi connectivity index (χ4n) is 1.97. The highest BCUT2D eigenvalue weighted by Crippen LogP contribution is 2.31. The molecule has 0 spiro atoms. The van der Waals surface area contributed by atoms with Crippen molar-refractivity contribution in [1.82, 2.24) is 5.32 Å². The van der Waals surface area contributed by atoms with Crippen molar-refractivity contribution in [3.05, 3.63) is 0 Å². The van der Waals surface area contributed by atoms with E-state index in [2.05, 4.69) is 5.32 Å². The van der Waals surface area contributed by atoms with Crippen molar-refractivity contribution in [3.63, 3.8) is 0 Å². The molecular weight excluding hydrogens is 194 g/mol. The van der Waals surface area contributed by atoms with Crippen LogP contribution in [0, 0.1) is 5.92 Å². The van der Waals surface area contributed by atoms with E-state index in [1.54, 1.807) is 0 Å². The first-order chi connectivity index (χ1) is 6.93. The first-order valence-electron chi connectivity index (χ1n) is 5.61. The molecule has 1 aliphatic carbocycles. The van der Waals surface area contributed by atoms with Crippen molar-refractivity contribution < 1.29 is 15.0 Å². The van der Waals surface area contributed by atoms with Gasteiger partial charge in [0.2, 0.25) is 0 Å². The average molecular weight is 215 g/mol. The fourth-order valence-corrected chi connectivity index (χ4v) is 1.97. The summed E-state index contributed by atoms with van der Waals surface area (Å²) in [6, 6.07) is 0.353. The highest BCUT2D eigenvalue weighted by atomic mass is 16.4. The van der Waals surface area contributed by atoms with Crippen LogP contribution in [-0.2, 0) is 4.79 Å². The highest BCUT2D eigenvalue weighted by Gasteiger charge is 2.35. The largest absolute Gasteiger partial charge is 0.481 e. The zero-order valence-electron chi connectivity index (χ0n) is 9.49. The Labute approximate surface area is 90.7 Å². The van der Waals surface area contributed by atoms with Crippen LogP contribution in [-0.4, -0.2) is 34.4 Å². The molecule has 4 nitrogen and oxygen atoms in total. The van der Waals surface area contributed by atoms with Crippen LogP contribution >= 0.6 is 0 Å². The highest BCUT2D eigenvalue weighted by molar-refractivity contribution is 5.70. The third kappa shape index (κ3) is 3.80. The first-order valence-corrected chi connectivity index (χ1v) is 5.61. The van der Waals surface area contributed by atoms with Crippen molar-refractivity contribution in [3.8, 4) is 0 Å². The summed E-state index contributed by atoms with van der Waals surface area (Å²) in [6.45, 7) is 4.63. The second kappa shape index (κ2) is 4.94. The molecule has 0 saturated heterocycles. The maximum atomic E-state index is 10.7. The number of hydrogen-bond donors (Lipinski definition) is 3. The summed E-state index contributed by atoms with van der Waals surface area (Å²) in [6.07, 6.45) is 2.35. The fraction of sp³-hybridized carbons (Fsp3) is 0.909. The molecule has 0 aromatic carbocycles. The maximum absolute atomic E-state index is 10.7. The second-order valence-corrected chi connectivity index (χ2v) is 4.87. The van der Waals surface area contributed by atoms with Crippen molar-refractivity contribution in [2.45, 2.75) is 51.2 Å². The second-order valence-electron chi connectivity index (χ2n) is 4.87. The molecule has 15 heavy (non-hydrogen) atoms. The molecule has 0 heterocycles. The minimum Gasteiger partial charge on any atom is -0.481 e. The minimum atomic E-state index is -0.728. The van der Waals surface area contributed by atoms with Gasteiger partial charge in [-0.25, -0.2) is 0 Å². The number of nitrogens with one attached hydrogen (secondary N) is 1. The Bertz CT molecular complexity index is 220. The lowest BCUT2D eigenvalue weighted by Gasteiger charge is -2.35. The summed E-state index contributed by atoms with van der Waals surface area (Å²) in [7, 11) is 0. The molecule has 0 aromatic heterocycles. The lowest BCUT2D eigenvalue weighted by atomic mass is 9.79. The Morgan fingerprint density at radius 1 is 1.47 bits per heavy atom. The molecule has 1 fully saturated rings. The third-order valence-corrected chi connectivity index (χ3v) is 3.10. The SMILES string of the molecule is CC(C)NCC1(O)CCC(C(=O)O)CC1. The van der Waals surface area contributed by atoms with E-state index in [-0.39, 0.29) is 5.92 Å². The van der Waals surface area contributed by atoms with Gasteiger partial charge in [-0.3, -0.25) is 4.79 Å². The van der Waals surface area contributed by atoms with Crippen LogP contribution in [0.4, 0.5) is 0 Å². The molecule has 0 radical (unpaired) electrons. The smallest absolute Gasteiger partial charge is 0.306 e. The van der Waals surface area contributed by atoms with E-state index in [1.807, 2.05) is 13.8 Å². The molecule has 0 atom stereocenters. The molecule has 0 aromatic rings. The predicted octanol–water partition coefficient (Wildman–Crippen LogP) is 0.990. The zero-order valence-corrected chi connectivity index (χ0v) is 9.49. The molecule has 88 valence electrons. The van der Waals surface area contributed by atoms with E-state index in [0.717, 1.165) is 0 Å². The van der Waals surface area contributed by atoms with Gasteiger partial charge in [0, 0.05) is 12.6 Å². The Balaban J connectivity index is 2.37. The number of hydrogen-bond acceptors (Lipinski definition) is 3. The van der Waals surface area contributed by atoms with Gasteiger partial charge in [0.05, 0.1) is 11.5 Å². The summed E-state index contributed by atoms with van der Waals surface area (Å²) >= 11 is 0. The van der Waals surface area contributed by atoms with Crippen LogP contribution in [0.15, 0.2) is 0 Å². The average Bonchev–Trinajstić information content (AvgIpc) is 2.16. The Morgan fingerprint density at radius 3 is 2.40 bits per heavy atom. The Hall–Kier alpha value is -0.610. The van der Waals surface area contributed by atoms with Crippen LogP contribution in [0.3, 0.4) is 0 Å². The van der Waals surface area contributed by atoms with Gasteiger partial charge in [0.15, 0.2) is 0 Å². The van der Waals surface area contributed by atoms with Crippen molar-refractivity contribution in [2.24, 2.45) is 5.92 Å². The van der Waals surface area contributed by atoms with E-state index < -0.39 is 11.6 Å². The number of aliphatic carboxylic acids is 1. The molecule has 4 heteroatoms. The van der Waals surface area contributed by atoms with E-state index in [0.29, 0.717) is 38.3 Å². The van der Waals surface area contributed by atoms with Gasteiger partial charge in [0.1, 0.15) is 0 Å². The predicted molar refractivity (Wildman–Crippen MR) is 57.7 cm³/mol. The molecule has 1 aliphatic rings. The van der Waals surface area contributed by atoms with Crippen LogP contribution in [0.25, 0.3) is 0 Å². The maximum Gasteiger partial charge on any atom is 0.306 e. The summed E-state index contributed by atoms with van der Waals surface area (Å²) in [4.78, 5) is 10.7. The number of rotatable bonds is 4. The molecule has 0 aliphatic heterocycles. The number of aliphatic hydroxyl groups is 1. The monoisotopic (exact) mass is 215 g/mol. The van der Waals surface area contributed by atoms with Crippen LogP contribution in [0.2, 0.25) is 0 Å². The van der Waals surface area contributed by atoms with E-state index in [4.69, 9.17) is 5.11 Å². The van der Waals surface area contributed by atoms with Crippen molar-refractivity contribution in [2.75, 3.05) is 6.54 Å². The van der Waals surface area contributed by atoms with E-state index in [1.165, 1.54) is 0 Å². The molecule has 0 unspecified atom stereocenters. The lowest BCUT2D eigenvalue weighted by Crippen LogP contribution is -2.46. The van der Waals surface area contributed by atoms with E-state index in [9.17, 15) is 9.90 Å². The van der Waals surface area contributed by atoms with Gasteiger partial charge < -0.3 is 15.5 Å². The van der Waals surface area contributed by atoms with Gasteiger partial charge >= 0.3 is 5.97 Å². The Kier molecular flexibility index (Phi) is 4.11. The Morgan fingerprint density at radius 2 is 2.00 bits per heavy atom. The summed E-state index contributed by atoms with van der Waals surface area (Å²) in [5, 5.41) is 22.2. The van der Waals surface area contributed by atoms with E-state index >= 15 is 0 Å². The van der Waals surface area contributed by atoms with Gasteiger partial charge in [-0.15, -0.1) is 0 Å². The summed E-state index contributed by atoms with van der Waals surface area (Å²) in [5.41, 5.74) is -0.698. The normalized spacial score (nSPS) is 31.9. The number of carbonyl (C=O) groups is 1. The number of carboxylic acids is 1. The molecule has 0 bridgehead atoms. The van der Waals surface area contributed by atoms with Crippen molar-refractivity contribution >= 4 is 5.97 Å². The first kappa shape index (κ1) is 12.5. The van der Waals surface area contributed by atoms with Crippen LogP contribution in [0.1, 0.15) is 39.5 Å². The minimum absolute atomic E-state index is 0.260. The molecular formula is C11H21NO3. The molecule has 1 saturated carbocycles. The zero-order chi connectivity index (χ0) is 11.5. The van der Waals surface area contributed by atoms with Crippen molar-refractivity contribution in [1.29, 1.82) is 0 Å². The molecule has 0 amide bonds. The molecule has 1 rings (SSSR count). The summed E-state index contributed by atoms with van der Waals surface area (Å²) < 4.78 is 0. The topological polar surface area (TPSA) is 69.6 Å². The van der Waals surface area contributed by atoms with Gasteiger partial charge in [-0.05, 0) is 25.7 Å². The van der Waals surface area contributed by atoms with Crippen LogP contribution in [0.5, 0.6) is 0 Å².